The number of nitrogens with one attached hydrogen (secondary N) is 1. The highest BCUT2D eigenvalue weighted by atomic mass is 19.4. The Labute approximate surface area is 177 Å². The Bertz CT molecular complexity index is 1440. The Morgan fingerprint density at radius 1 is 1.00 bits per heavy atom. The number of halogens is 7. The van der Waals surface area contributed by atoms with Crippen LogP contribution in [-0.2, 0) is 23.7 Å². The third-order valence-electron chi connectivity index (χ3n) is 4.40. The maximum Gasteiger partial charge on any atom is 0.435 e. The van der Waals surface area contributed by atoms with Crippen molar-refractivity contribution in [3.8, 4) is 0 Å². The Morgan fingerprint density at radius 2 is 1.70 bits per heavy atom. The molecule has 1 amide bonds. The quantitative estimate of drug-likeness (QED) is 0.460. The smallest absolute Gasteiger partial charge is 0.309 e. The molecule has 0 fully saturated rings. The Morgan fingerprint density at radius 3 is 2.30 bits per heavy atom. The molecule has 0 aliphatic rings. The molecule has 1 N–H and O–H groups in total. The van der Waals surface area contributed by atoms with Gasteiger partial charge in [-0.2, -0.15) is 36.0 Å². The molecule has 0 aromatic carbocycles. The van der Waals surface area contributed by atoms with Gasteiger partial charge in [-0.15, -0.1) is 0 Å². The van der Waals surface area contributed by atoms with Crippen LogP contribution in [0.3, 0.4) is 0 Å². The minimum atomic E-state index is -5.00. The van der Waals surface area contributed by atoms with Gasteiger partial charge in [0.25, 0.3) is 5.56 Å². The number of rotatable bonds is 3. The number of nitrogens with zero attached hydrogens (tertiary/aromatic N) is 5. The highest BCUT2D eigenvalue weighted by Crippen LogP contribution is 2.31. The van der Waals surface area contributed by atoms with E-state index in [-0.39, 0.29) is 5.82 Å². The summed E-state index contributed by atoms with van der Waals surface area (Å²) in [5, 5.41) is 4.99. The molecule has 0 spiro atoms. The van der Waals surface area contributed by atoms with Crippen molar-refractivity contribution in [1.29, 1.82) is 0 Å². The topological polar surface area (TPSA) is 94.2 Å². The van der Waals surface area contributed by atoms with Gasteiger partial charge in [0.2, 0.25) is 5.91 Å². The lowest BCUT2D eigenvalue weighted by atomic mass is 10.2. The highest BCUT2D eigenvalue weighted by molar-refractivity contribution is 5.90. The van der Waals surface area contributed by atoms with Gasteiger partial charge in [-0.25, -0.2) is 14.4 Å². The lowest BCUT2D eigenvalue weighted by Crippen LogP contribution is -2.30. The van der Waals surface area contributed by atoms with Crippen LogP contribution in [0.15, 0.2) is 41.3 Å². The molecule has 15 heteroatoms. The molecule has 0 aliphatic carbocycles. The molecule has 4 rings (SSSR count). The van der Waals surface area contributed by atoms with Crippen molar-refractivity contribution in [3.63, 3.8) is 0 Å². The van der Waals surface area contributed by atoms with Crippen LogP contribution in [0.2, 0.25) is 0 Å². The number of carbonyl (C=O) groups excluding carboxylic acids is 1. The zero-order chi connectivity index (χ0) is 24.1. The second kappa shape index (κ2) is 7.53. The minimum absolute atomic E-state index is 0.104. The lowest BCUT2D eigenvalue weighted by molar-refractivity contribution is -0.142. The predicted molar refractivity (Wildman–Crippen MR) is 97.6 cm³/mol. The van der Waals surface area contributed by atoms with Gasteiger partial charge in [0.05, 0.1) is 11.6 Å². The standard InChI is InChI=1S/C18H9F7N6O2/c19-8-1-4-12(26-6-8)28-13(32)7-30-14-5-11(18(23,24)25)29-31(14)15-9(16(30)33)2-3-10(27-15)17(20,21)22/h1-6H,7H2,(H,26,28,32). The van der Waals surface area contributed by atoms with Gasteiger partial charge in [0, 0.05) is 6.07 Å². The number of hydrogen-bond donors (Lipinski definition) is 1. The van der Waals surface area contributed by atoms with E-state index in [9.17, 15) is 40.3 Å². The predicted octanol–water partition coefficient (Wildman–Crippen LogP) is 3.25. The van der Waals surface area contributed by atoms with Gasteiger partial charge in [-0.3, -0.25) is 14.2 Å². The van der Waals surface area contributed by atoms with Crippen LogP contribution >= 0.6 is 0 Å². The van der Waals surface area contributed by atoms with E-state index >= 15 is 0 Å². The largest absolute Gasteiger partial charge is 0.435 e. The van der Waals surface area contributed by atoms with Crippen LogP contribution in [0.25, 0.3) is 16.7 Å². The molecule has 0 unspecified atom stereocenters. The first-order valence-corrected chi connectivity index (χ1v) is 8.84. The van der Waals surface area contributed by atoms with E-state index in [2.05, 4.69) is 20.4 Å². The van der Waals surface area contributed by atoms with Crippen molar-refractivity contribution in [2.75, 3.05) is 5.32 Å². The summed E-state index contributed by atoms with van der Waals surface area (Å²) < 4.78 is 92.8. The summed E-state index contributed by atoms with van der Waals surface area (Å²) in [6.45, 7) is -0.846. The number of hydrogen-bond acceptors (Lipinski definition) is 5. The summed E-state index contributed by atoms with van der Waals surface area (Å²) >= 11 is 0. The summed E-state index contributed by atoms with van der Waals surface area (Å²) in [6.07, 6.45) is -9.13. The monoisotopic (exact) mass is 474 g/mol. The van der Waals surface area contributed by atoms with Crippen molar-refractivity contribution >= 4 is 28.4 Å². The number of pyridine rings is 2. The van der Waals surface area contributed by atoms with Crippen LogP contribution in [0.4, 0.5) is 36.6 Å². The third-order valence-corrected chi connectivity index (χ3v) is 4.40. The molecule has 8 nitrogen and oxygen atoms in total. The van der Waals surface area contributed by atoms with Crippen molar-refractivity contribution in [1.82, 2.24) is 24.1 Å². The first-order chi connectivity index (χ1) is 15.3. The summed E-state index contributed by atoms with van der Waals surface area (Å²) in [5.41, 5.74) is -5.42. The number of aromatic nitrogens is 5. The SMILES string of the molecule is O=C(Cn1c(=O)c2ccc(C(F)(F)F)nc2n2nc(C(F)(F)F)cc12)Nc1ccc(F)cn1. The Balaban J connectivity index is 1.88. The number of anilines is 1. The summed E-state index contributed by atoms with van der Waals surface area (Å²) in [5.74, 6) is -1.72. The van der Waals surface area contributed by atoms with Gasteiger partial charge in [-0.1, -0.05) is 0 Å². The summed E-state index contributed by atoms with van der Waals surface area (Å²) in [6, 6.07) is 3.72. The first kappa shape index (κ1) is 22.2. The molecule has 0 radical (unpaired) electrons. The first-order valence-electron chi connectivity index (χ1n) is 8.84. The molecule has 4 aromatic rings. The van der Waals surface area contributed by atoms with Crippen molar-refractivity contribution < 1.29 is 35.5 Å². The van der Waals surface area contributed by atoms with Crippen molar-refractivity contribution in [2.45, 2.75) is 18.9 Å². The summed E-state index contributed by atoms with van der Waals surface area (Å²) in [4.78, 5) is 32.1. The van der Waals surface area contributed by atoms with Crippen LogP contribution in [0, 0.1) is 5.82 Å². The maximum atomic E-state index is 13.2. The van der Waals surface area contributed by atoms with Crippen molar-refractivity contribution in [2.24, 2.45) is 0 Å². The second-order valence-electron chi connectivity index (χ2n) is 6.66. The molecule has 0 atom stereocenters. The Hall–Kier alpha value is -4.04. The van der Waals surface area contributed by atoms with Gasteiger partial charge in [-0.05, 0) is 24.3 Å². The fourth-order valence-electron chi connectivity index (χ4n) is 2.97. The van der Waals surface area contributed by atoms with Crippen LogP contribution < -0.4 is 10.9 Å². The fourth-order valence-corrected chi connectivity index (χ4v) is 2.97. The average Bonchev–Trinajstić information content (AvgIpc) is 3.18. The van der Waals surface area contributed by atoms with E-state index in [4.69, 9.17) is 0 Å². The van der Waals surface area contributed by atoms with Crippen LogP contribution in [0.1, 0.15) is 11.4 Å². The molecule has 0 bridgehead atoms. The third kappa shape index (κ3) is 4.20. The number of fused-ring (bicyclic) bond motifs is 3. The molecular weight excluding hydrogens is 465 g/mol. The van der Waals surface area contributed by atoms with E-state index in [1.807, 2.05) is 0 Å². The number of amides is 1. The lowest BCUT2D eigenvalue weighted by Gasteiger charge is -2.12. The summed E-state index contributed by atoms with van der Waals surface area (Å²) in [7, 11) is 0. The van der Waals surface area contributed by atoms with Crippen molar-refractivity contribution in [3.05, 3.63) is 64.1 Å². The van der Waals surface area contributed by atoms with E-state index < -0.39 is 64.2 Å². The normalized spacial score (nSPS) is 12.5. The zero-order valence-corrected chi connectivity index (χ0v) is 15.9. The maximum absolute atomic E-state index is 13.2. The molecule has 0 saturated heterocycles. The van der Waals surface area contributed by atoms with Gasteiger partial charge in [0.1, 0.15) is 29.5 Å². The number of alkyl halides is 6. The molecule has 33 heavy (non-hydrogen) atoms. The van der Waals surface area contributed by atoms with Gasteiger partial charge in [0.15, 0.2) is 11.3 Å². The van der Waals surface area contributed by atoms with Gasteiger partial charge < -0.3 is 5.32 Å². The second-order valence-corrected chi connectivity index (χ2v) is 6.66. The minimum Gasteiger partial charge on any atom is -0.309 e. The van der Waals surface area contributed by atoms with E-state index in [0.29, 0.717) is 21.2 Å². The zero-order valence-electron chi connectivity index (χ0n) is 15.9. The molecular formula is C18H9F7N6O2. The molecule has 172 valence electrons. The fraction of sp³-hybridized carbons (Fsp3) is 0.167. The van der Waals surface area contributed by atoms with E-state index in [1.54, 1.807) is 0 Å². The average molecular weight is 474 g/mol. The number of carbonyl (C=O) groups is 1. The molecule has 4 aromatic heterocycles. The van der Waals surface area contributed by atoms with E-state index in [0.717, 1.165) is 24.4 Å². The highest BCUT2D eigenvalue weighted by Gasteiger charge is 2.36. The van der Waals surface area contributed by atoms with Crippen LogP contribution in [0.5, 0.6) is 0 Å². The van der Waals surface area contributed by atoms with Crippen LogP contribution in [-0.4, -0.2) is 30.1 Å². The van der Waals surface area contributed by atoms with Gasteiger partial charge >= 0.3 is 12.4 Å². The Kier molecular flexibility index (Phi) is 5.06. The molecule has 0 aliphatic heterocycles. The van der Waals surface area contributed by atoms with E-state index in [1.165, 1.54) is 0 Å². The molecule has 0 saturated carbocycles. The molecule has 4 heterocycles.